The highest BCUT2D eigenvalue weighted by molar-refractivity contribution is 5.53. The lowest BCUT2D eigenvalue weighted by molar-refractivity contribution is -0.669. The van der Waals surface area contributed by atoms with Crippen molar-refractivity contribution in [3.63, 3.8) is 0 Å². The Bertz CT molecular complexity index is 422. The second kappa shape index (κ2) is 3.41. The van der Waals surface area contributed by atoms with E-state index in [1.165, 1.54) is 6.20 Å². The number of aryl methyl sites for hydroxylation is 1. The number of aromatic nitrogens is 3. The number of hydrogen-bond donors (Lipinski definition) is 0. The van der Waals surface area contributed by atoms with Crippen LogP contribution in [-0.2, 0) is 0 Å². The first-order valence-corrected chi connectivity index (χ1v) is 4.26. The molecular formula is C10H9N3O. The first-order valence-electron chi connectivity index (χ1n) is 4.26. The van der Waals surface area contributed by atoms with E-state index in [0.717, 1.165) is 5.56 Å². The predicted octanol–water partition coefficient (Wildman–Crippen LogP) is 1.09. The van der Waals surface area contributed by atoms with Gasteiger partial charge in [0.25, 0.3) is 0 Å². The molecule has 70 valence electrons. The second-order valence-electron chi connectivity index (χ2n) is 2.97. The fourth-order valence-corrected chi connectivity index (χ4v) is 1.21. The van der Waals surface area contributed by atoms with Crippen LogP contribution in [0.4, 0.5) is 0 Å². The highest BCUT2D eigenvalue weighted by Crippen LogP contribution is 2.11. The molecule has 0 radical (unpaired) electrons. The number of hydrogen-bond acceptors (Lipinski definition) is 3. The zero-order valence-electron chi connectivity index (χ0n) is 7.71. The van der Waals surface area contributed by atoms with Crippen LogP contribution in [0.3, 0.4) is 0 Å². The molecule has 1 aromatic heterocycles. The van der Waals surface area contributed by atoms with Crippen molar-refractivity contribution in [2.45, 2.75) is 6.92 Å². The molecule has 0 spiro atoms. The number of benzene rings is 1. The van der Waals surface area contributed by atoms with Crippen molar-refractivity contribution in [1.29, 1.82) is 0 Å². The van der Waals surface area contributed by atoms with Gasteiger partial charge in [0.1, 0.15) is 5.69 Å². The summed E-state index contributed by atoms with van der Waals surface area (Å²) in [6.45, 7) is 1.77. The lowest BCUT2D eigenvalue weighted by Crippen LogP contribution is -2.32. The molecule has 0 fully saturated rings. The summed E-state index contributed by atoms with van der Waals surface area (Å²) in [5, 5.41) is 14.8. The number of rotatable bonds is 1. The van der Waals surface area contributed by atoms with Crippen LogP contribution in [-0.4, -0.2) is 10.1 Å². The average Bonchev–Trinajstić information content (AvgIpc) is 2.18. The first kappa shape index (κ1) is 8.62. The van der Waals surface area contributed by atoms with Crippen LogP contribution < -0.4 is 4.85 Å². The molecule has 4 nitrogen and oxygen atoms in total. The van der Waals surface area contributed by atoms with Gasteiger partial charge in [-0.3, -0.25) is 0 Å². The van der Waals surface area contributed by atoms with E-state index in [1.54, 1.807) is 6.92 Å². The Hall–Kier alpha value is -1.97. The first-order chi connectivity index (χ1) is 6.75. The van der Waals surface area contributed by atoms with Crippen LogP contribution in [0.25, 0.3) is 11.4 Å². The minimum atomic E-state index is 0.459. The van der Waals surface area contributed by atoms with Gasteiger partial charge in [-0.25, -0.2) is 4.98 Å². The molecule has 14 heavy (non-hydrogen) atoms. The topological polar surface area (TPSA) is 52.7 Å². The van der Waals surface area contributed by atoms with Gasteiger partial charge in [0.05, 0.1) is 0 Å². The van der Waals surface area contributed by atoms with E-state index in [1.807, 2.05) is 30.3 Å². The summed E-state index contributed by atoms with van der Waals surface area (Å²) in [4.78, 5) is 4.70. The highest BCUT2D eigenvalue weighted by atomic mass is 16.5. The van der Waals surface area contributed by atoms with Gasteiger partial charge in [0.2, 0.25) is 12.0 Å². The fourth-order valence-electron chi connectivity index (χ4n) is 1.21. The number of nitrogens with zero attached hydrogens (tertiary/aromatic N) is 3. The molecule has 2 aromatic rings. The summed E-state index contributed by atoms with van der Waals surface area (Å²) in [6.07, 6.45) is 1.34. The fraction of sp³-hybridized carbons (Fsp3) is 0.100. The van der Waals surface area contributed by atoms with Crippen molar-refractivity contribution in [3.05, 3.63) is 47.4 Å². The zero-order chi connectivity index (χ0) is 9.97. The molecule has 1 heterocycles. The van der Waals surface area contributed by atoms with Crippen LogP contribution >= 0.6 is 0 Å². The van der Waals surface area contributed by atoms with Crippen molar-refractivity contribution >= 4 is 0 Å². The molecule has 0 aliphatic carbocycles. The van der Waals surface area contributed by atoms with E-state index in [-0.39, 0.29) is 0 Å². The Kier molecular flexibility index (Phi) is 2.10. The summed E-state index contributed by atoms with van der Waals surface area (Å²) in [6, 6.07) is 9.42. The normalized spacial score (nSPS) is 10.1. The van der Waals surface area contributed by atoms with Gasteiger partial charge < -0.3 is 5.21 Å². The molecule has 0 bridgehead atoms. The molecular weight excluding hydrogens is 178 g/mol. The maximum atomic E-state index is 11.0. The third-order valence-corrected chi connectivity index (χ3v) is 1.80. The van der Waals surface area contributed by atoms with E-state index in [4.69, 9.17) is 0 Å². The Morgan fingerprint density at radius 3 is 2.57 bits per heavy atom. The molecule has 1 aromatic carbocycles. The van der Waals surface area contributed by atoms with E-state index in [2.05, 4.69) is 10.1 Å². The van der Waals surface area contributed by atoms with Crippen LogP contribution in [0.15, 0.2) is 36.5 Å². The summed E-state index contributed by atoms with van der Waals surface area (Å²) in [5.74, 6) is 0.459. The van der Waals surface area contributed by atoms with Gasteiger partial charge in [-0.05, 0) is 6.92 Å². The maximum Gasteiger partial charge on any atom is 0.231 e. The standard InChI is InChI=1S/C10H9N3O/c1-8-7-13(14)12-10(11-8)9-5-3-2-4-6-9/h2-7H,1H3. The van der Waals surface area contributed by atoms with E-state index >= 15 is 0 Å². The van der Waals surface area contributed by atoms with E-state index in [0.29, 0.717) is 16.4 Å². The lowest BCUT2D eigenvalue weighted by atomic mass is 10.2. The van der Waals surface area contributed by atoms with Crippen molar-refractivity contribution < 1.29 is 4.85 Å². The predicted molar refractivity (Wildman–Crippen MR) is 51.2 cm³/mol. The van der Waals surface area contributed by atoms with Gasteiger partial charge in [-0.15, -0.1) is 0 Å². The van der Waals surface area contributed by atoms with Crippen molar-refractivity contribution in [1.82, 2.24) is 10.1 Å². The molecule has 4 heteroatoms. The summed E-state index contributed by atoms with van der Waals surface area (Å²) in [5.41, 5.74) is 1.51. The molecule has 0 N–H and O–H groups in total. The summed E-state index contributed by atoms with van der Waals surface area (Å²) < 4.78 is 0. The highest BCUT2D eigenvalue weighted by Gasteiger charge is 2.05. The average molecular weight is 187 g/mol. The van der Waals surface area contributed by atoms with Gasteiger partial charge >= 0.3 is 0 Å². The van der Waals surface area contributed by atoms with Gasteiger partial charge in [-0.2, -0.15) is 0 Å². The third-order valence-electron chi connectivity index (χ3n) is 1.80. The Labute approximate surface area is 81.4 Å². The van der Waals surface area contributed by atoms with E-state index in [9.17, 15) is 5.21 Å². The second-order valence-corrected chi connectivity index (χ2v) is 2.97. The monoisotopic (exact) mass is 187 g/mol. The van der Waals surface area contributed by atoms with Crippen LogP contribution in [0.1, 0.15) is 5.69 Å². The van der Waals surface area contributed by atoms with Gasteiger partial charge in [0, 0.05) is 10.7 Å². The zero-order valence-corrected chi connectivity index (χ0v) is 7.71. The molecule has 2 rings (SSSR count). The van der Waals surface area contributed by atoms with Crippen LogP contribution in [0, 0.1) is 12.1 Å². The molecule has 0 amide bonds. The Morgan fingerprint density at radius 1 is 1.21 bits per heavy atom. The Balaban J connectivity index is 2.52. The van der Waals surface area contributed by atoms with Crippen LogP contribution in [0.2, 0.25) is 0 Å². The third kappa shape index (κ3) is 1.69. The SMILES string of the molecule is Cc1c[n+]([O-])nc(-c2ccccc2)n1. The van der Waals surface area contributed by atoms with Gasteiger partial charge in [-0.1, -0.05) is 35.2 Å². The molecule has 0 atom stereocenters. The lowest BCUT2D eigenvalue weighted by Gasteiger charge is -1.99. The van der Waals surface area contributed by atoms with E-state index < -0.39 is 0 Å². The van der Waals surface area contributed by atoms with Crippen LogP contribution in [0.5, 0.6) is 0 Å². The smallest absolute Gasteiger partial charge is 0.231 e. The molecule has 0 unspecified atom stereocenters. The molecule has 0 saturated carbocycles. The minimum Gasteiger partial charge on any atom is -0.594 e. The van der Waals surface area contributed by atoms with Crippen molar-refractivity contribution in [2.24, 2.45) is 0 Å². The van der Waals surface area contributed by atoms with Crippen molar-refractivity contribution in [2.75, 3.05) is 0 Å². The molecule has 0 aliphatic rings. The van der Waals surface area contributed by atoms with Gasteiger partial charge in [0.15, 0.2) is 0 Å². The largest absolute Gasteiger partial charge is 0.594 e. The molecule has 0 aliphatic heterocycles. The quantitative estimate of drug-likeness (QED) is 0.496. The summed E-state index contributed by atoms with van der Waals surface area (Å²) >= 11 is 0. The Morgan fingerprint density at radius 2 is 1.93 bits per heavy atom. The summed E-state index contributed by atoms with van der Waals surface area (Å²) in [7, 11) is 0. The minimum absolute atomic E-state index is 0.459. The maximum absolute atomic E-state index is 11.0. The molecule has 0 saturated heterocycles. The van der Waals surface area contributed by atoms with Crippen molar-refractivity contribution in [3.8, 4) is 11.4 Å².